The summed E-state index contributed by atoms with van der Waals surface area (Å²) in [6.07, 6.45) is 3.96. The third-order valence-corrected chi connectivity index (χ3v) is 7.06. The van der Waals surface area contributed by atoms with E-state index in [9.17, 15) is 4.79 Å². The standard InChI is InChI=1S/C27H33N3O/c1-27(2,3)18-13-20-19-10-7-11-28-22(19)15-21-24(30-23(14-18)26(20)21)16-29-25(31)12-17-8-5-4-6-9-17/h4-6,8-9,13-14,19,22,28,30H,7,10-12,15-16H2,1-3H3,(H,29,31)/t19?,22-/m1/s1. The van der Waals surface area contributed by atoms with Gasteiger partial charge in [-0.25, -0.2) is 0 Å². The summed E-state index contributed by atoms with van der Waals surface area (Å²) in [6, 6.07) is 15.2. The van der Waals surface area contributed by atoms with Crippen molar-refractivity contribution in [3.8, 4) is 0 Å². The number of aromatic nitrogens is 1. The number of hydrogen-bond acceptors (Lipinski definition) is 2. The maximum atomic E-state index is 12.6. The van der Waals surface area contributed by atoms with E-state index >= 15 is 0 Å². The van der Waals surface area contributed by atoms with E-state index in [2.05, 4.69) is 48.5 Å². The lowest BCUT2D eigenvalue weighted by atomic mass is 9.73. The van der Waals surface area contributed by atoms with Crippen LogP contribution in [-0.4, -0.2) is 23.5 Å². The van der Waals surface area contributed by atoms with Gasteiger partial charge in [-0.05, 0) is 59.5 Å². The molecule has 1 aromatic heterocycles. The second-order valence-electron chi connectivity index (χ2n) is 10.3. The number of nitrogens with one attached hydrogen (secondary N) is 3. The lowest BCUT2D eigenvalue weighted by molar-refractivity contribution is -0.120. The topological polar surface area (TPSA) is 56.9 Å². The maximum absolute atomic E-state index is 12.6. The molecule has 162 valence electrons. The number of amides is 1. The Morgan fingerprint density at radius 1 is 1.16 bits per heavy atom. The molecule has 3 N–H and O–H groups in total. The monoisotopic (exact) mass is 415 g/mol. The fraction of sp³-hybridized carbons (Fsp3) is 0.444. The van der Waals surface area contributed by atoms with Gasteiger partial charge < -0.3 is 15.6 Å². The van der Waals surface area contributed by atoms with Gasteiger partial charge >= 0.3 is 0 Å². The molecule has 2 heterocycles. The fourth-order valence-corrected chi connectivity index (χ4v) is 5.38. The largest absolute Gasteiger partial charge is 0.357 e. The molecule has 0 spiro atoms. The first-order valence-corrected chi connectivity index (χ1v) is 11.6. The van der Waals surface area contributed by atoms with E-state index < -0.39 is 0 Å². The van der Waals surface area contributed by atoms with E-state index in [-0.39, 0.29) is 11.3 Å². The van der Waals surface area contributed by atoms with Crippen molar-refractivity contribution in [3.05, 3.63) is 70.4 Å². The van der Waals surface area contributed by atoms with Crippen LogP contribution in [0.1, 0.15) is 67.5 Å². The minimum Gasteiger partial charge on any atom is -0.357 e. The van der Waals surface area contributed by atoms with E-state index in [0.29, 0.717) is 24.9 Å². The Balaban J connectivity index is 1.47. The van der Waals surface area contributed by atoms with Gasteiger partial charge in [-0.2, -0.15) is 0 Å². The quantitative estimate of drug-likeness (QED) is 0.578. The number of H-pyrrole nitrogens is 1. The first-order valence-electron chi connectivity index (χ1n) is 11.6. The summed E-state index contributed by atoms with van der Waals surface area (Å²) in [6.45, 7) is 8.52. The van der Waals surface area contributed by atoms with Crippen molar-refractivity contribution in [2.24, 2.45) is 0 Å². The number of carbonyl (C=O) groups is 1. The molecule has 1 saturated heterocycles. The Labute approximate surface area is 184 Å². The molecule has 1 aliphatic carbocycles. The molecule has 2 aromatic carbocycles. The molecule has 4 heteroatoms. The zero-order valence-corrected chi connectivity index (χ0v) is 18.8. The number of rotatable bonds is 4. The van der Waals surface area contributed by atoms with E-state index in [1.54, 1.807) is 0 Å². The molecular formula is C27H33N3O. The SMILES string of the molecule is CC(C)(C)c1cc2c3c(c(CNC(=O)Cc4ccccc4)[nH]c3c1)C[C@H]1NCCCC21. The highest BCUT2D eigenvalue weighted by Gasteiger charge is 2.35. The third-order valence-electron chi connectivity index (χ3n) is 7.06. The molecule has 0 bridgehead atoms. The normalized spacial score (nSPS) is 20.5. The lowest BCUT2D eigenvalue weighted by Crippen LogP contribution is -2.43. The first-order chi connectivity index (χ1) is 14.9. The summed E-state index contributed by atoms with van der Waals surface area (Å²) in [7, 11) is 0. The van der Waals surface area contributed by atoms with Gasteiger partial charge in [0.25, 0.3) is 0 Å². The summed E-state index contributed by atoms with van der Waals surface area (Å²) in [5, 5.41) is 8.34. The van der Waals surface area contributed by atoms with Crippen molar-refractivity contribution in [2.45, 2.75) is 70.4 Å². The highest BCUT2D eigenvalue weighted by atomic mass is 16.1. The van der Waals surface area contributed by atoms with Crippen molar-refractivity contribution in [3.63, 3.8) is 0 Å². The number of fused-ring (bicyclic) bond motifs is 2. The van der Waals surface area contributed by atoms with Crippen LogP contribution < -0.4 is 10.6 Å². The van der Waals surface area contributed by atoms with Crippen LogP contribution in [0.5, 0.6) is 0 Å². The Bertz CT molecular complexity index is 1110. The van der Waals surface area contributed by atoms with Crippen molar-refractivity contribution < 1.29 is 4.79 Å². The van der Waals surface area contributed by atoms with E-state index in [1.807, 2.05) is 30.3 Å². The molecule has 5 rings (SSSR count). The molecule has 1 unspecified atom stereocenters. The molecule has 1 aliphatic heterocycles. The van der Waals surface area contributed by atoms with Crippen molar-refractivity contribution in [2.75, 3.05) is 6.54 Å². The predicted molar refractivity (Wildman–Crippen MR) is 126 cm³/mol. The van der Waals surface area contributed by atoms with Crippen molar-refractivity contribution in [1.82, 2.24) is 15.6 Å². The number of benzene rings is 2. The zero-order chi connectivity index (χ0) is 21.6. The summed E-state index contributed by atoms with van der Waals surface area (Å²) < 4.78 is 0. The van der Waals surface area contributed by atoms with Crippen LogP contribution in [0.4, 0.5) is 0 Å². The van der Waals surface area contributed by atoms with Crippen molar-refractivity contribution in [1.29, 1.82) is 0 Å². The molecule has 31 heavy (non-hydrogen) atoms. The number of carbonyl (C=O) groups excluding carboxylic acids is 1. The predicted octanol–water partition coefficient (Wildman–Crippen LogP) is 4.72. The molecule has 1 fully saturated rings. The van der Waals surface area contributed by atoms with E-state index in [0.717, 1.165) is 24.2 Å². The molecule has 4 nitrogen and oxygen atoms in total. The number of hydrogen-bond donors (Lipinski definition) is 3. The van der Waals surface area contributed by atoms with Crippen molar-refractivity contribution >= 4 is 16.8 Å². The number of piperidine rings is 1. The molecule has 2 aliphatic rings. The second-order valence-corrected chi connectivity index (χ2v) is 10.3. The minimum absolute atomic E-state index is 0.0668. The van der Waals surface area contributed by atoms with Crippen LogP contribution in [0.3, 0.4) is 0 Å². The number of aromatic amines is 1. The molecule has 2 atom stereocenters. The lowest BCUT2D eigenvalue weighted by Gasteiger charge is -2.37. The Hall–Kier alpha value is -2.59. The van der Waals surface area contributed by atoms with Crippen LogP contribution in [0.25, 0.3) is 10.9 Å². The summed E-state index contributed by atoms with van der Waals surface area (Å²) in [5.41, 5.74) is 7.82. The summed E-state index contributed by atoms with van der Waals surface area (Å²) in [5.74, 6) is 0.652. The van der Waals surface area contributed by atoms with Gasteiger partial charge in [0.15, 0.2) is 0 Å². The van der Waals surface area contributed by atoms with Gasteiger partial charge in [-0.1, -0.05) is 57.2 Å². The molecule has 3 aromatic rings. The van der Waals surface area contributed by atoms with Gasteiger partial charge in [0.2, 0.25) is 5.91 Å². The fourth-order valence-electron chi connectivity index (χ4n) is 5.38. The van der Waals surface area contributed by atoms with E-state index in [4.69, 9.17) is 0 Å². The molecular weight excluding hydrogens is 382 g/mol. The van der Waals surface area contributed by atoms with Crippen LogP contribution in [0, 0.1) is 0 Å². The van der Waals surface area contributed by atoms with Gasteiger partial charge in [0, 0.05) is 28.6 Å². The second kappa shape index (κ2) is 7.83. The Morgan fingerprint density at radius 2 is 1.97 bits per heavy atom. The molecule has 0 radical (unpaired) electrons. The molecule has 1 amide bonds. The highest BCUT2D eigenvalue weighted by molar-refractivity contribution is 5.91. The van der Waals surface area contributed by atoms with Crippen LogP contribution in [0.15, 0.2) is 42.5 Å². The Kier molecular flexibility index (Phi) is 5.13. The highest BCUT2D eigenvalue weighted by Crippen LogP contribution is 2.44. The maximum Gasteiger partial charge on any atom is 0.224 e. The summed E-state index contributed by atoms with van der Waals surface area (Å²) >= 11 is 0. The van der Waals surface area contributed by atoms with Gasteiger partial charge in [0.1, 0.15) is 0 Å². The zero-order valence-electron chi connectivity index (χ0n) is 18.8. The van der Waals surface area contributed by atoms with Gasteiger partial charge in [-0.15, -0.1) is 0 Å². The van der Waals surface area contributed by atoms with Crippen LogP contribution in [0.2, 0.25) is 0 Å². The molecule has 0 saturated carbocycles. The van der Waals surface area contributed by atoms with Gasteiger partial charge in [-0.3, -0.25) is 4.79 Å². The van der Waals surface area contributed by atoms with Crippen LogP contribution >= 0.6 is 0 Å². The average molecular weight is 416 g/mol. The van der Waals surface area contributed by atoms with Crippen LogP contribution in [-0.2, 0) is 29.6 Å². The van der Waals surface area contributed by atoms with E-state index in [1.165, 1.54) is 40.4 Å². The summed E-state index contributed by atoms with van der Waals surface area (Å²) in [4.78, 5) is 16.3. The Morgan fingerprint density at radius 3 is 2.74 bits per heavy atom. The average Bonchev–Trinajstić information content (AvgIpc) is 3.10. The van der Waals surface area contributed by atoms with Gasteiger partial charge in [0.05, 0.1) is 13.0 Å². The third kappa shape index (κ3) is 3.89. The minimum atomic E-state index is 0.0668. The first kappa shape index (κ1) is 20.3. The smallest absolute Gasteiger partial charge is 0.224 e.